The van der Waals surface area contributed by atoms with Crippen molar-refractivity contribution in [1.82, 2.24) is 10.3 Å². The first-order valence-electron chi connectivity index (χ1n) is 9.45. The highest BCUT2D eigenvalue weighted by atomic mass is 16.5. The number of benzene rings is 2. The van der Waals surface area contributed by atoms with E-state index in [2.05, 4.69) is 15.6 Å². The molecule has 2 aromatic carbocycles. The molecule has 0 aliphatic rings. The molecule has 0 radical (unpaired) electrons. The van der Waals surface area contributed by atoms with Crippen molar-refractivity contribution in [1.29, 1.82) is 0 Å². The number of ether oxygens (including phenoxy) is 1. The van der Waals surface area contributed by atoms with E-state index in [0.717, 1.165) is 29.1 Å². The fraction of sp³-hybridized carbons (Fsp3) is 0.217. The molecular weight excluding hydrogens is 350 g/mol. The molecule has 3 aromatic rings. The standard InChI is InChI=1S/C23H25N3O2/c1-3-17(2)25-23(27)22-14-11-20(15-24-22)26-19-9-12-21(13-10-19)28-16-18-7-5-4-6-8-18/h4-15,17,26H,3,16H2,1-2H3,(H,25,27). The van der Waals surface area contributed by atoms with Gasteiger partial charge in [0, 0.05) is 11.7 Å². The summed E-state index contributed by atoms with van der Waals surface area (Å²) in [5, 5.41) is 6.18. The zero-order chi connectivity index (χ0) is 19.8. The topological polar surface area (TPSA) is 63.2 Å². The van der Waals surface area contributed by atoms with Crippen molar-refractivity contribution >= 4 is 17.3 Å². The van der Waals surface area contributed by atoms with Crippen LogP contribution in [0.5, 0.6) is 5.75 Å². The summed E-state index contributed by atoms with van der Waals surface area (Å²) >= 11 is 0. The molecule has 0 fully saturated rings. The number of hydrogen-bond acceptors (Lipinski definition) is 4. The maximum Gasteiger partial charge on any atom is 0.270 e. The van der Waals surface area contributed by atoms with Gasteiger partial charge in [-0.15, -0.1) is 0 Å². The lowest BCUT2D eigenvalue weighted by atomic mass is 10.2. The summed E-state index contributed by atoms with van der Waals surface area (Å²) < 4.78 is 5.80. The van der Waals surface area contributed by atoms with Crippen molar-refractivity contribution in [3.63, 3.8) is 0 Å². The number of amides is 1. The van der Waals surface area contributed by atoms with Gasteiger partial charge in [-0.1, -0.05) is 37.3 Å². The third kappa shape index (κ3) is 5.58. The van der Waals surface area contributed by atoms with Gasteiger partial charge in [-0.3, -0.25) is 4.79 Å². The first-order valence-corrected chi connectivity index (χ1v) is 9.45. The predicted octanol–water partition coefficient (Wildman–Crippen LogP) is 4.93. The van der Waals surface area contributed by atoms with E-state index in [-0.39, 0.29) is 11.9 Å². The summed E-state index contributed by atoms with van der Waals surface area (Å²) in [4.78, 5) is 16.3. The van der Waals surface area contributed by atoms with E-state index in [1.54, 1.807) is 12.3 Å². The Labute approximate surface area is 165 Å². The molecule has 144 valence electrons. The van der Waals surface area contributed by atoms with E-state index >= 15 is 0 Å². The molecule has 3 rings (SSSR count). The van der Waals surface area contributed by atoms with E-state index in [1.807, 2.05) is 74.5 Å². The predicted molar refractivity (Wildman–Crippen MR) is 112 cm³/mol. The molecule has 0 saturated carbocycles. The summed E-state index contributed by atoms with van der Waals surface area (Å²) in [6, 6.07) is 21.5. The average Bonchev–Trinajstić information content (AvgIpc) is 2.74. The summed E-state index contributed by atoms with van der Waals surface area (Å²) in [6.07, 6.45) is 2.54. The molecule has 0 aliphatic heterocycles. The Bertz CT molecular complexity index is 878. The fourth-order valence-electron chi connectivity index (χ4n) is 2.54. The molecule has 1 atom stereocenters. The molecule has 1 aromatic heterocycles. The van der Waals surface area contributed by atoms with E-state index < -0.39 is 0 Å². The largest absolute Gasteiger partial charge is 0.489 e. The lowest BCUT2D eigenvalue weighted by Gasteiger charge is -2.11. The highest BCUT2D eigenvalue weighted by molar-refractivity contribution is 5.92. The van der Waals surface area contributed by atoms with Crippen molar-refractivity contribution in [3.05, 3.63) is 84.2 Å². The molecule has 0 aliphatic carbocycles. The minimum atomic E-state index is -0.152. The third-order valence-electron chi connectivity index (χ3n) is 4.38. The van der Waals surface area contributed by atoms with Crippen LogP contribution in [0.1, 0.15) is 36.3 Å². The second-order valence-electron chi connectivity index (χ2n) is 6.64. The van der Waals surface area contributed by atoms with Crippen LogP contribution in [0.2, 0.25) is 0 Å². The van der Waals surface area contributed by atoms with Crippen LogP contribution >= 0.6 is 0 Å². The van der Waals surface area contributed by atoms with Crippen LogP contribution in [-0.4, -0.2) is 16.9 Å². The van der Waals surface area contributed by atoms with Crippen LogP contribution in [0.25, 0.3) is 0 Å². The molecular formula is C23H25N3O2. The molecule has 1 heterocycles. The van der Waals surface area contributed by atoms with Gasteiger partial charge in [0.15, 0.2) is 0 Å². The van der Waals surface area contributed by atoms with Crippen LogP contribution in [0.3, 0.4) is 0 Å². The molecule has 2 N–H and O–H groups in total. The smallest absolute Gasteiger partial charge is 0.270 e. The van der Waals surface area contributed by atoms with Gasteiger partial charge in [0.2, 0.25) is 0 Å². The van der Waals surface area contributed by atoms with Gasteiger partial charge in [0.05, 0.1) is 11.9 Å². The lowest BCUT2D eigenvalue weighted by Crippen LogP contribution is -2.32. The van der Waals surface area contributed by atoms with Gasteiger partial charge in [0.25, 0.3) is 5.91 Å². The summed E-state index contributed by atoms with van der Waals surface area (Å²) in [5.41, 5.74) is 3.28. The van der Waals surface area contributed by atoms with Crippen molar-refractivity contribution in [3.8, 4) is 5.75 Å². The van der Waals surface area contributed by atoms with Gasteiger partial charge >= 0.3 is 0 Å². The van der Waals surface area contributed by atoms with Crippen molar-refractivity contribution in [2.45, 2.75) is 32.9 Å². The number of rotatable bonds is 8. The molecule has 0 bridgehead atoms. The first kappa shape index (κ1) is 19.4. The first-order chi connectivity index (χ1) is 13.6. The molecule has 5 heteroatoms. The van der Waals surface area contributed by atoms with E-state index in [0.29, 0.717) is 12.3 Å². The summed E-state index contributed by atoms with van der Waals surface area (Å²) in [7, 11) is 0. The number of pyridine rings is 1. The quantitative estimate of drug-likeness (QED) is 0.586. The van der Waals surface area contributed by atoms with E-state index in [4.69, 9.17) is 4.74 Å². The number of hydrogen-bond donors (Lipinski definition) is 2. The second kappa shape index (κ2) is 9.55. The molecule has 0 spiro atoms. The fourth-order valence-corrected chi connectivity index (χ4v) is 2.54. The minimum Gasteiger partial charge on any atom is -0.489 e. The minimum absolute atomic E-state index is 0.134. The Morgan fingerprint density at radius 2 is 1.71 bits per heavy atom. The summed E-state index contributed by atoms with van der Waals surface area (Å²) in [5.74, 6) is 0.658. The molecule has 1 amide bonds. The van der Waals surface area contributed by atoms with Crippen molar-refractivity contribution < 1.29 is 9.53 Å². The zero-order valence-corrected chi connectivity index (χ0v) is 16.2. The van der Waals surface area contributed by atoms with Gasteiger partial charge in [-0.2, -0.15) is 0 Å². The van der Waals surface area contributed by atoms with Crippen molar-refractivity contribution in [2.75, 3.05) is 5.32 Å². The molecule has 0 saturated heterocycles. The average molecular weight is 375 g/mol. The molecule has 28 heavy (non-hydrogen) atoms. The van der Waals surface area contributed by atoms with Crippen molar-refractivity contribution in [2.24, 2.45) is 0 Å². The number of anilines is 2. The normalized spacial score (nSPS) is 11.5. The Hall–Kier alpha value is -3.34. The molecule has 5 nitrogen and oxygen atoms in total. The number of carbonyl (C=O) groups excluding carboxylic acids is 1. The van der Waals surface area contributed by atoms with Gasteiger partial charge < -0.3 is 15.4 Å². The van der Waals surface area contributed by atoms with Gasteiger partial charge in [-0.05, 0) is 55.3 Å². The Balaban J connectivity index is 1.54. The SMILES string of the molecule is CCC(C)NC(=O)c1ccc(Nc2ccc(OCc3ccccc3)cc2)cn1. The van der Waals surface area contributed by atoms with E-state index in [1.165, 1.54) is 0 Å². The highest BCUT2D eigenvalue weighted by Gasteiger charge is 2.09. The van der Waals surface area contributed by atoms with Gasteiger partial charge in [0.1, 0.15) is 18.1 Å². The van der Waals surface area contributed by atoms with Crippen LogP contribution < -0.4 is 15.4 Å². The monoisotopic (exact) mass is 375 g/mol. The molecule has 1 unspecified atom stereocenters. The number of nitrogens with one attached hydrogen (secondary N) is 2. The lowest BCUT2D eigenvalue weighted by molar-refractivity contribution is 0.0934. The van der Waals surface area contributed by atoms with Gasteiger partial charge in [-0.25, -0.2) is 4.98 Å². The second-order valence-corrected chi connectivity index (χ2v) is 6.64. The maximum atomic E-state index is 12.1. The van der Waals surface area contributed by atoms with Crippen LogP contribution in [0, 0.1) is 0 Å². The number of nitrogens with zero attached hydrogens (tertiary/aromatic N) is 1. The Morgan fingerprint density at radius 3 is 2.36 bits per heavy atom. The number of aromatic nitrogens is 1. The van der Waals surface area contributed by atoms with Crippen LogP contribution in [0.15, 0.2) is 72.9 Å². The van der Waals surface area contributed by atoms with Crippen LogP contribution in [-0.2, 0) is 6.61 Å². The summed E-state index contributed by atoms with van der Waals surface area (Å²) in [6.45, 7) is 4.54. The zero-order valence-electron chi connectivity index (χ0n) is 16.2. The van der Waals surface area contributed by atoms with E-state index in [9.17, 15) is 4.79 Å². The van der Waals surface area contributed by atoms with Crippen LogP contribution in [0.4, 0.5) is 11.4 Å². The highest BCUT2D eigenvalue weighted by Crippen LogP contribution is 2.20. The Kier molecular flexibility index (Phi) is 6.63. The maximum absolute atomic E-state index is 12.1. The Morgan fingerprint density at radius 1 is 1.00 bits per heavy atom. The third-order valence-corrected chi connectivity index (χ3v) is 4.38. The number of carbonyl (C=O) groups is 1.